The number of hydrogen-bond acceptors (Lipinski definition) is 8. The summed E-state index contributed by atoms with van der Waals surface area (Å²) in [6.45, 7) is 2.32. The zero-order valence-electron chi connectivity index (χ0n) is 17.2. The van der Waals surface area contributed by atoms with E-state index >= 15 is 0 Å². The van der Waals surface area contributed by atoms with Crippen LogP contribution in [-0.4, -0.2) is 56.7 Å². The van der Waals surface area contributed by atoms with E-state index in [0.717, 1.165) is 11.5 Å². The minimum Gasteiger partial charge on any atom is -0.408 e. The van der Waals surface area contributed by atoms with Crippen LogP contribution in [0.2, 0.25) is 0 Å². The van der Waals surface area contributed by atoms with Crippen molar-refractivity contribution >= 4 is 34.3 Å². The first-order valence-corrected chi connectivity index (χ1v) is 10.3. The van der Waals surface area contributed by atoms with Crippen LogP contribution < -0.4 is 16.0 Å². The lowest BCUT2D eigenvalue weighted by atomic mass is 10.3. The van der Waals surface area contributed by atoms with Crippen molar-refractivity contribution in [2.45, 2.75) is 6.54 Å². The lowest BCUT2D eigenvalue weighted by Crippen LogP contribution is -2.50. The fourth-order valence-corrected chi connectivity index (χ4v) is 3.73. The Bertz CT molecular complexity index is 1280. The molecule has 0 bridgehead atoms. The number of nitrogens with zero attached hydrogens (tertiary/aromatic N) is 6. The Labute approximate surface area is 183 Å². The summed E-state index contributed by atoms with van der Waals surface area (Å²) in [4.78, 5) is 32.8. The summed E-state index contributed by atoms with van der Waals surface area (Å²) in [5.41, 5.74) is 1.95. The molecule has 1 aliphatic rings. The van der Waals surface area contributed by atoms with E-state index in [1.54, 1.807) is 35.5 Å². The van der Waals surface area contributed by atoms with Gasteiger partial charge in [0.2, 0.25) is 5.91 Å². The minimum atomic E-state index is -0.520. The highest BCUT2D eigenvalue weighted by Gasteiger charge is 2.23. The van der Waals surface area contributed by atoms with Crippen molar-refractivity contribution < 1.29 is 9.21 Å². The largest absolute Gasteiger partial charge is 0.420 e. The predicted octanol–water partition coefficient (Wildman–Crippen LogP) is 1.87. The average molecular weight is 431 g/mol. The molecule has 10 heteroatoms. The molecular weight excluding hydrogens is 410 g/mol. The normalized spacial score (nSPS) is 14.0. The first-order valence-electron chi connectivity index (χ1n) is 10.3. The maximum atomic E-state index is 12.8. The van der Waals surface area contributed by atoms with Gasteiger partial charge in [0.15, 0.2) is 17.2 Å². The number of carbonyl (C=O) groups is 1. The highest BCUT2D eigenvalue weighted by molar-refractivity contribution is 5.79. The van der Waals surface area contributed by atoms with Gasteiger partial charge < -0.3 is 19.5 Å². The summed E-state index contributed by atoms with van der Waals surface area (Å²) in [6, 6.07) is 14.6. The van der Waals surface area contributed by atoms with Gasteiger partial charge in [0, 0.05) is 32.4 Å². The fraction of sp³-hybridized carbons (Fsp3) is 0.227. The standard InChI is InChI=1S/C22H21N7O3/c30-21(15-29-17-5-1-2-6-18(17)32-22(29)31)28-12-10-27(11-13-28)20-8-7-19(25-26-20)24-16-4-3-9-23-14-16/h1-9,14H,10-13,15H2,(H,24,25). The predicted molar refractivity (Wildman–Crippen MR) is 119 cm³/mol. The van der Waals surface area contributed by atoms with Crippen LogP contribution in [0.25, 0.3) is 11.1 Å². The number of amides is 1. The van der Waals surface area contributed by atoms with Gasteiger partial charge in [-0.15, -0.1) is 10.2 Å². The number of aromatic nitrogens is 4. The first kappa shape index (κ1) is 19.7. The van der Waals surface area contributed by atoms with Crippen molar-refractivity contribution in [3.05, 3.63) is 71.5 Å². The lowest BCUT2D eigenvalue weighted by Gasteiger charge is -2.35. The minimum absolute atomic E-state index is 0.0373. The molecule has 0 aliphatic carbocycles. The number of hydrogen-bond donors (Lipinski definition) is 1. The second-order valence-corrected chi connectivity index (χ2v) is 7.43. The van der Waals surface area contributed by atoms with Gasteiger partial charge in [-0.2, -0.15) is 0 Å². The molecule has 5 rings (SSSR count). The van der Waals surface area contributed by atoms with Gasteiger partial charge in [-0.1, -0.05) is 12.1 Å². The number of carbonyl (C=O) groups excluding carboxylic acids is 1. The molecule has 4 heterocycles. The van der Waals surface area contributed by atoms with Crippen LogP contribution in [0.1, 0.15) is 0 Å². The van der Waals surface area contributed by atoms with Gasteiger partial charge in [-0.25, -0.2) is 4.79 Å². The number of nitrogens with one attached hydrogen (secondary N) is 1. The summed E-state index contributed by atoms with van der Waals surface area (Å²) in [5.74, 6) is 0.757. The third-order valence-electron chi connectivity index (χ3n) is 5.41. The van der Waals surface area contributed by atoms with Crippen LogP contribution in [0.5, 0.6) is 0 Å². The highest BCUT2D eigenvalue weighted by Crippen LogP contribution is 2.17. The van der Waals surface area contributed by atoms with Crippen molar-refractivity contribution in [3.8, 4) is 0 Å². The molecule has 1 amide bonds. The van der Waals surface area contributed by atoms with Crippen LogP contribution in [0, 0.1) is 0 Å². The van der Waals surface area contributed by atoms with E-state index in [-0.39, 0.29) is 12.5 Å². The fourth-order valence-electron chi connectivity index (χ4n) is 3.73. The SMILES string of the molecule is O=C(Cn1c(=O)oc2ccccc21)N1CCN(c2ccc(Nc3cccnc3)nn2)CC1. The average Bonchev–Trinajstić information content (AvgIpc) is 3.15. The van der Waals surface area contributed by atoms with Gasteiger partial charge in [-0.05, 0) is 36.4 Å². The molecule has 1 aromatic carbocycles. The molecule has 1 N–H and O–H groups in total. The van der Waals surface area contributed by atoms with E-state index in [0.29, 0.717) is 43.1 Å². The van der Waals surface area contributed by atoms with Gasteiger partial charge in [0.1, 0.15) is 6.54 Å². The molecule has 4 aromatic rings. The van der Waals surface area contributed by atoms with Gasteiger partial charge in [-0.3, -0.25) is 14.3 Å². The Morgan fingerprint density at radius 2 is 1.84 bits per heavy atom. The summed E-state index contributed by atoms with van der Waals surface area (Å²) >= 11 is 0. The Morgan fingerprint density at radius 3 is 2.59 bits per heavy atom. The number of rotatable bonds is 5. The topological polar surface area (TPSA) is 109 Å². The van der Waals surface area contributed by atoms with Crippen molar-refractivity contribution in [3.63, 3.8) is 0 Å². The number of benzene rings is 1. The zero-order chi connectivity index (χ0) is 21.9. The smallest absolute Gasteiger partial charge is 0.408 e. The van der Waals surface area contributed by atoms with Crippen LogP contribution in [0.15, 0.2) is 70.1 Å². The first-order chi connectivity index (χ1) is 15.7. The van der Waals surface area contributed by atoms with Crippen molar-refractivity contribution in [1.29, 1.82) is 0 Å². The van der Waals surface area contributed by atoms with Crippen molar-refractivity contribution in [2.75, 3.05) is 36.4 Å². The Kier molecular flexibility index (Phi) is 5.24. The summed E-state index contributed by atoms with van der Waals surface area (Å²) < 4.78 is 6.59. The number of anilines is 3. The molecular formula is C22H21N7O3. The number of fused-ring (bicyclic) bond motifs is 1. The van der Waals surface area contributed by atoms with E-state index in [4.69, 9.17) is 4.42 Å². The molecule has 0 atom stereocenters. The van der Waals surface area contributed by atoms with Crippen molar-refractivity contribution in [1.82, 2.24) is 24.6 Å². The molecule has 10 nitrogen and oxygen atoms in total. The van der Waals surface area contributed by atoms with Gasteiger partial charge in [0.25, 0.3) is 0 Å². The van der Waals surface area contributed by atoms with Crippen LogP contribution >= 0.6 is 0 Å². The monoisotopic (exact) mass is 431 g/mol. The van der Waals surface area contributed by atoms with Crippen LogP contribution in [-0.2, 0) is 11.3 Å². The zero-order valence-corrected chi connectivity index (χ0v) is 17.2. The van der Waals surface area contributed by atoms with E-state index in [9.17, 15) is 9.59 Å². The molecule has 0 saturated carbocycles. The van der Waals surface area contributed by atoms with Crippen molar-refractivity contribution in [2.24, 2.45) is 0 Å². The molecule has 0 radical (unpaired) electrons. The quantitative estimate of drug-likeness (QED) is 0.510. The molecule has 162 valence electrons. The molecule has 0 unspecified atom stereocenters. The third-order valence-corrected chi connectivity index (χ3v) is 5.41. The number of para-hydroxylation sites is 2. The van der Waals surface area contributed by atoms with E-state index in [1.807, 2.05) is 30.3 Å². The van der Waals surface area contributed by atoms with E-state index < -0.39 is 5.76 Å². The molecule has 1 aliphatic heterocycles. The maximum absolute atomic E-state index is 12.8. The molecule has 1 saturated heterocycles. The summed E-state index contributed by atoms with van der Waals surface area (Å²) in [7, 11) is 0. The molecule has 1 fully saturated rings. The second-order valence-electron chi connectivity index (χ2n) is 7.43. The van der Waals surface area contributed by atoms with Gasteiger partial charge >= 0.3 is 5.76 Å². The lowest BCUT2D eigenvalue weighted by molar-refractivity contribution is -0.132. The van der Waals surface area contributed by atoms with Gasteiger partial charge in [0.05, 0.1) is 17.4 Å². The molecule has 3 aromatic heterocycles. The number of pyridine rings is 1. The number of piperazine rings is 1. The highest BCUT2D eigenvalue weighted by atomic mass is 16.4. The molecule has 32 heavy (non-hydrogen) atoms. The summed E-state index contributed by atoms with van der Waals surface area (Å²) in [5, 5.41) is 11.7. The van der Waals surface area contributed by atoms with E-state index in [2.05, 4.69) is 25.4 Å². The Morgan fingerprint density at radius 1 is 1.00 bits per heavy atom. The Hall–Kier alpha value is -4.21. The second kappa shape index (κ2) is 8.50. The third kappa shape index (κ3) is 4.02. The maximum Gasteiger partial charge on any atom is 0.420 e. The number of oxazole rings is 1. The van der Waals surface area contributed by atoms with Crippen LogP contribution in [0.4, 0.5) is 17.3 Å². The van der Waals surface area contributed by atoms with Crippen LogP contribution in [0.3, 0.4) is 0 Å². The summed E-state index contributed by atoms with van der Waals surface area (Å²) in [6.07, 6.45) is 3.42. The molecule has 0 spiro atoms. The Balaban J connectivity index is 1.19. The van der Waals surface area contributed by atoms with E-state index in [1.165, 1.54) is 4.57 Å².